The number of halogens is 1. The zero-order valence-electron chi connectivity index (χ0n) is 38.2. The first-order valence-electron chi connectivity index (χ1n) is 23.1. The van der Waals surface area contributed by atoms with Crippen LogP contribution in [-0.4, -0.2) is 123 Å². The van der Waals surface area contributed by atoms with Crippen molar-refractivity contribution in [3.8, 4) is 0 Å². The molecule has 0 amide bonds. The third-order valence-electron chi connectivity index (χ3n) is 13.7. The van der Waals surface area contributed by atoms with Crippen LogP contribution in [0.3, 0.4) is 0 Å². The highest BCUT2D eigenvalue weighted by molar-refractivity contribution is 6.31. The van der Waals surface area contributed by atoms with Gasteiger partial charge in [-0.1, -0.05) is 23.7 Å². The maximum absolute atomic E-state index is 6.14. The molecule has 0 radical (unpaired) electrons. The fourth-order valence-corrected chi connectivity index (χ4v) is 9.87. The molecule has 0 N–H and O–H groups in total. The number of hydrogen-bond donors (Lipinski definition) is 0. The van der Waals surface area contributed by atoms with Crippen LogP contribution in [0.15, 0.2) is 129 Å². The normalized spacial score (nSPS) is 17.5. The minimum atomic E-state index is 0.684. The highest BCUT2D eigenvalue weighted by atomic mass is 35.5. The van der Waals surface area contributed by atoms with Crippen molar-refractivity contribution in [2.45, 2.75) is 25.7 Å². The van der Waals surface area contributed by atoms with Gasteiger partial charge in [0.2, 0.25) is 0 Å². The Morgan fingerprint density at radius 3 is 1.32 bits per heavy atom. The zero-order valence-corrected chi connectivity index (χ0v) is 38.9. The number of rotatable bonds is 7. The summed E-state index contributed by atoms with van der Waals surface area (Å²) >= 11 is 6.14. The Hall–Kier alpha value is -6.53. The lowest BCUT2D eigenvalue weighted by atomic mass is 9.99. The Balaban J connectivity index is 0.000000146. The molecular weight excluding hydrogens is 838 g/mol. The van der Waals surface area contributed by atoms with Crippen LogP contribution in [0.5, 0.6) is 0 Å². The highest BCUT2D eigenvalue weighted by Crippen LogP contribution is 2.37. The van der Waals surface area contributed by atoms with Crippen LogP contribution in [-0.2, 0) is 25.7 Å². The van der Waals surface area contributed by atoms with E-state index < -0.39 is 0 Å². The zero-order chi connectivity index (χ0) is 44.9. The number of hydrogen-bond acceptors (Lipinski definition) is 11. The van der Waals surface area contributed by atoms with Gasteiger partial charge >= 0.3 is 0 Å². The van der Waals surface area contributed by atoms with E-state index in [1.54, 1.807) is 12.3 Å². The van der Waals surface area contributed by atoms with Crippen molar-refractivity contribution in [2.75, 3.05) is 95.2 Å². The molecule has 12 rings (SSSR count). The van der Waals surface area contributed by atoms with Gasteiger partial charge in [0.25, 0.3) is 0 Å². The molecule has 8 heterocycles. The third kappa shape index (κ3) is 8.66. The minimum Gasteiger partial charge on any atom is -0.378 e. The van der Waals surface area contributed by atoms with Gasteiger partial charge < -0.3 is 24.5 Å². The van der Waals surface area contributed by atoms with Crippen molar-refractivity contribution in [3.05, 3.63) is 159 Å². The van der Waals surface area contributed by atoms with Gasteiger partial charge in [-0.25, -0.2) is 0 Å². The van der Waals surface area contributed by atoms with E-state index in [-0.39, 0.29) is 0 Å². The van der Waals surface area contributed by atoms with Crippen LogP contribution in [0.25, 0.3) is 0 Å². The second-order valence-electron chi connectivity index (χ2n) is 18.5. The highest BCUT2D eigenvalue weighted by Gasteiger charge is 2.25. The lowest BCUT2D eigenvalue weighted by Crippen LogP contribution is -2.44. The number of nitrogens with zero attached hydrogens (tertiary/aromatic N) is 11. The third-order valence-corrected chi connectivity index (χ3v) is 14.0. The van der Waals surface area contributed by atoms with Crippen molar-refractivity contribution in [3.63, 3.8) is 0 Å². The van der Waals surface area contributed by atoms with E-state index in [0.717, 1.165) is 141 Å². The van der Waals surface area contributed by atoms with E-state index in [0.29, 0.717) is 5.02 Å². The molecule has 2 aromatic heterocycles. The largest absolute Gasteiger partial charge is 0.378 e. The van der Waals surface area contributed by atoms with Crippen LogP contribution < -0.4 is 14.7 Å². The second-order valence-corrected chi connectivity index (χ2v) is 18.9. The molecule has 2 fully saturated rings. The number of piperazine rings is 2. The van der Waals surface area contributed by atoms with Crippen molar-refractivity contribution < 1.29 is 0 Å². The lowest BCUT2D eigenvalue weighted by molar-refractivity contribution is 0.313. The second kappa shape index (κ2) is 17.7. The van der Waals surface area contributed by atoms with Gasteiger partial charge in [0.1, 0.15) is 0 Å². The van der Waals surface area contributed by atoms with E-state index in [9.17, 15) is 0 Å². The van der Waals surface area contributed by atoms with Crippen LogP contribution in [0.4, 0.5) is 39.8 Å². The molecular formula is C54H54ClN11. The summed E-state index contributed by atoms with van der Waals surface area (Å²) in [5.74, 6) is 0. The number of aromatic nitrogens is 2. The Labute approximate surface area is 392 Å². The van der Waals surface area contributed by atoms with E-state index in [4.69, 9.17) is 31.6 Å². The summed E-state index contributed by atoms with van der Waals surface area (Å²) in [6.45, 7) is 8.80. The van der Waals surface area contributed by atoms with E-state index in [1.165, 1.54) is 44.8 Å². The molecule has 6 aliphatic rings. The standard InChI is InChI=1S/C28H30N6.C26H24ClN5/c1-32(2)22-8-9-29-27(18-22)28-17-20-14-19(4-6-24(20)31-28)26-16-21-15-23(5-7-25(21)30-26)34-12-10-33(3)11-13-34;1-31-8-10-32(11-9-31)21-3-5-23-19(13-21)14-24(29-23)17-2-4-22-18(12-17)15-26(30-22)25-16-20(27)6-7-28-25/h4-9,14-15,18H,10-13,16-17H2,1-3H3;2-7,12-13,16H,8-11,14-15H2,1H3. The molecule has 0 atom stereocenters. The predicted molar refractivity (Wildman–Crippen MR) is 273 cm³/mol. The summed E-state index contributed by atoms with van der Waals surface area (Å²) in [6, 6.07) is 34.3. The maximum atomic E-state index is 6.14. The smallest absolute Gasteiger partial charge is 0.0868 e. The topological polar surface area (TPSA) is 91.4 Å². The average molecular weight is 893 g/mol. The summed E-state index contributed by atoms with van der Waals surface area (Å²) in [5, 5.41) is 0.684. The van der Waals surface area contributed by atoms with E-state index in [1.807, 2.05) is 32.4 Å². The molecule has 332 valence electrons. The summed E-state index contributed by atoms with van der Waals surface area (Å²) in [7, 11) is 8.48. The molecule has 0 saturated carbocycles. The first-order valence-corrected chi connectivity index (χ1v) is 23.5. The molecule has 12 heteroatoms. The van der Waals surface area contributed by atoms with E-state index in [2.05, 4.69) is 127 Å². The minimum absolute atomic E-state index is 0.684. The molecule has 66 heavy (non-hydrogen) atoms. The van der Waals surface area contributed by atoms with Crippen molar-refractivity contribution >= 4 is 74.3 Å². The Morgan fingerprint density at radius 1 is 0.439 bits per heavy atom. The summed E-state index contributed by atoms with van der Waals surface area (Å²) < 4.78 is 0. The van der Waals surface area contributed by atoms with Crippen LogP contribution >= 0.6 is 11.6 Å². The summed E-state index contributed by atoms with van der Waals surface area (Å²) in [6.07, 6.45) is 6.93. The van der Waals surface area contributed by atoms with Crippen LogP contribution in [0, 0.1) is 0 Å². The molecule has 2 saturated heterocycles. The van der Waals surface area contributed by atoms with Crippen molar-refractivity contribution in [1.82, 2.24) is 19.8 Å². The Morgan fingerprint density at radius 2 is 0.848 bits per heavy atom. The molecule has 6 aliphatic heterocycles. The van der Waals surface area contributed by atoms with Gasteiger partial charge in [0.15, 0.2) is 0 Å². The fraction of sp³-hybridized carbons (Fsp3) is 0.296. The number of pyridine rings is 2. The monoisotopic (exact) mass is 891 g/mol. The molecule has 11 nitrogen and oxygen atoms in total. The first-order chi connectivity index (χ1) is 32.1. The summed E-state index contributed by atoms with van der Waals surface area (Å²) in [4.78, 5) is 40.5. The van der Waals surface area contributed by atoms with Gasteiger partial charge in [-0.05, 0) is 132 Å². The fourth-order valence-electron chi connectivity index (χ4n) is 9.71. The van der Waals surface area contributed by atoms with Crippen molar-refractivity contribution in [2.24, 2.45) is 20.0 Å². The summed E-state index contributed by atoms with van der Waals surface area (Å²) in [5.41, 5.74) is 21.6. The molecule has 4 aromatic carbocycles. The average Bonchev–Trinajstić information content (AvgIpc) is 4.16. The number of likely N-dealkylation sites (N-methyl/N-ethyl adjacent to an activating group) is 2. The molecule has 0 bridgehead atoms. The van der Waals surface area contributed by atoms with Gasteiger partial charge in [-0.2, -0.15) is 0 Å². The molecule has 0 unspecified atom stereocenters. The number of anilines is 3. The van der Waals surface area contributed by atoms with E-state index >= 15 is 0 Å². The number of fused-ring (bicyclic) bond motifs is 4. The Bertz CT molecular complexity index is 2990. The van der Waals surface area contributed by atoms with Gasteiger partial charge in [0.05, 0.1) is 57.0 Å². The quantitative estimate of drug-likeness (QED) is 0.158. The van der Waals surface area contributed by atoms with Gasteiger partial charge in [-0.3, -0.25) is 29.9 Å². The first kappa shape index (κ1) is 42.1. The number of aliphatic imine (C=N–C) groups is 4. The SMILES string of the molecule is CN1CCN(c2ccc3c(c2)CC(c2ccc4c(c2)CC(c2cc(Cl)ccn2)=N4)=N3)CC1.CN1CCN(c2ccc3c(c2)CC(c2ccc4c(c2)CC(c2cc(N(C)C)ccn2)=N4)=N3)CC1. The van der Waals surface area contributed by atoms with Crippen LogP contribution in [0.2, 0.25) is 5.02 Å². The molecule has 0 spiro atoms. The lowest BCUT2D eigenvalue weighted by Gasteiger charge is -2.34. The molecule has 0 aliphatic carbocycles. The number of benzene rings is 4. The predicted octanol–water partition coefficient (Wildman–Crippen LogP) is 9.09. The van der Waals surface area contributed by atoms with Crippen molar-refractivity contribution in [1.29, 1.82) is 0 Å². The Kier molecular flexibility index (Phi) is 11.3. The van der Waals surface area contributed by atoms with Crippen LogP contribution in [0.1, 0.15) is 44.8 Å². The van der Waals surface area contributed by atoms with Gasteiger partial charge in [0, 0.05) is 127 Å². The molecule has 6 aromatic rings. The van der Waals surface area contributed by atoms with Gasteiger partial charge in [-0.15, -0.1) is 0 Å². The maximum Gasteiger partial charge on any atom is 0.0868 e.